The fourth-order valence-electron chi connectivity index (χ4n) is 1.38. The SMILES string of the molecule is Cc1cn(CC2(C#N)CC2)nc1N. The largest absolute Gasteiger partial charge is 0.382 e. The van der Waals surface area contributed by atoms with Crippen LogP contribution in [0.5, 0.6) is 0 Å². The zero-order valence-corrected chi connectivity index (χ0v) is 7.62. The molecule has 1 heterocycles. The number of rotatable bonds is 2. The number of aryl methyl sites for hydroxylation is 1. The van der Waals surface area contributed by atoms with Crippen molar-refractivity contribution in [1.82, 2.24) is 9.78 Å². The second-order valence-electron chi connectivity index (χ2n) is 3.79. The number of nitriles is 1. The van der Waals surface area contributed by atoms with E-state index >= 15 is 0 Å². The van der Waals surface area contributed by atoms with Crippen molar-refractivity contribution in [2.45, 2.75) is 26.3 Å². The second kappa shape index (κ2) is 2.49. The molecule has 1 saturated carbocycles. The van der Waals surface area contributed by atoms with Gasteiger partial charge in [0.1, 0.15) is 5.82 Å². The van der Waals surface area contributed by atoms with Gasteiger partial charge in [0, 0.05) is 11.8 Å². The van der Waals surface area contributed by atoms with E-state index in [0.29, 0.717) is 12.4 Å². The van der Waals surface area contributed by atoms with E-state index in [2.05, 4.69) is 11.2 Å². The Morgan fingerprint density at radius 3 is 2.85 bits per heavy atom. The van der Waals surface area contributed by atoms with Gasteiger partial charge in [-0.3, -0.25) is 4.68 Å². The molecule has 2 rings (SSSR count). The van der Waals surface area contributed by atoms with Crippen molar-refractivity contribution < 1.29 is 0 Å². The van der Waals surface area contributed by atoms with Crippen LogP contribution in [0.1, 0.15) is 18.4 Å². The monoisotopic (exact) mass is 176 g/mol. The highest BCUT2D eigenvalue weighted by atomic mass is 15.3. The van der Waals surface area contributed by atoms with E-state index in [1.54, 1.807) is 4.68 Å². The maximum atomic E-state index is 8.87. The van der Waals surface area contributed by atoms with Gasteiger partial charge in [0.25, 0.3) is 0 Å². The molecule has 4 heteroatoms. The van der Waals surface area contributed by atoms with Crippen LogP contribution in [0.3, 0.4) is 0 Å². The Balaban J connectivity index is 2.15. The van der Waals surface area contributed by atoms with E-state index in [1.165, 1.54) is 0 Å². The Kier molecular flexibility index (Phi) is 1.56. The van der Waals surface area contributed by atoms with Gasteiger partial charge in [0.05, 0.1) is 18.0 Å². The minimum atomic E-state index is -0.148. The molecule has 0 spiro atoms. The summed E-state index contributed by atoms with van der Waals surface area (Å²) >= 11 is 0. The lowest BCUT2D eigenvalue weighted by Gasteiger charge is -2.04. The number of hydrogen-bond acceptors (Lipinski definition) is 3. The molecule has 1 aliphatic carbocycles. The molecule has 0 aliphatic heterocycles. The first-order valence-corrected chi connectivity index (χ1v) is 4.36. The van der Waals surface area contributed by atoms with E-state index in [9.17, 15) is 0 Å². The quantitative estimate of drug-likeness (QED) is 0.733. The van der Waals surface area contributed by atoms with Crippen molar-refractivity contribution in [2.75, 3.05) is 5.73 Å². The molecule has 0 radical (unpaired) electrons. The van der Waals surface area contributed by atoms with Crippen LogP contribution in [-0.2, 0) is 6.54 Å². The summed E-state index contributed by atoms with van der Waals surface area (Å²) in [6.45, 7) is 2.60. The zero-order chi connectivity index (χ0) is 9.47. The summed E-state index contributed by atoms with van der Waals surface area (Å²) in [6.07, 6.45) is 3.87. The van der Waals surface area contributed by atoms with Gasteiger partial charge in [-0.15, -0.1) is 0 Å². The number of anilines is 1. The molecule has 0 saturated heterocycles. The van der Waals surface area contributed by atoms with E-state index in [0.717, 1.165) is 18.4 Å². The van der Waals surface area contributed by atoms with E-state index in [4.69, 9.17) is 11.0 Å². The van der Waals surface area contributed by atoms with Gasteiger partial charge >= 0.3 is 0 Å². The third-order valence-corrected chi connectivity index (χ3v) is 2.54. The van der Waals surface area contributed by atoms with Crippen LogP contribution in [0.25, 0.3) is 0 Å². The van der Waals surface area contributed by atoms with E-state index in [1.807, 2.05) is 13.1 Å². The highest BCUT2D eigenvalue weighted by Gasteiger charge is 2.43. The van der Waals surface area contributed by atoms with E-state index in [-0.39, 0.29) is 5.41 Å². The number of nitrogens with zero attached hydrogens (tertiary/aromatic N) is 3. The Morgan fingerprint density at radius 1 is 1.77 bits per heavy atom. The standard InChI is InChI=1S/C9H12N4/c1-7-4-13(12-8(7)11)6-9(5-10)2-3-9/h4H,2-3,6H2,1H3,(H2,11,12). The Bertz CT molecular complexity index is 348. The first kappa shape index (κ1) is 8.11. The van der Waals surface area contributed by atoms with Gasteiger partial charge in [-0.05, 0) is 19.8 Å². The lowest BCUT2D eigenvalue weighted by molar-refractivity contribution is 0.487. The molecule has 1 fully saturated rings. The lowest BCUT2D eigenvalue weighted by atomic mass is 10.1. The van der Waals surface area contributed by atoms with Gasteiger partial charge in [-0.25, -0.2) is 0 Å². The van der Waals surface area contributed by atoms with Crippen LogP contribution in [0.2, 0.25) is 0 Å². The van der Waals surface area contributed by atoms with Gasteiger partial charge in [-0.2, -0.15) is 10.4 Å². The predicted octanol–water partition coefficient (Wildman–Crippen LogP) is 1.08. The first-order chi connectivity index (χ1) is 6.15. The molecule has 13 heavy (non-hydrogen) atoms. The molecular weight excluding hydrogens is 164 g/mol. The van der Waals surface area contributed by atoms with Crippen LogP contribution in [0.4, 0.5) is 5.82 Å². The van der Waals surface area contributed by atoms with Crippen LogP contribution in [0, 0.1) is 23.7 Å². The number of aromatic nitrogens is 2. The summed E-state index contributed by atoms with van der Waals surface area (Å²) in [5.41, 5.74) is 6.44. The van der Waals surface area contributed by atoms with Crippen molar-refractivity contribution in [1.29, 1.82) is 5.26 Å². The fourth-order valence-corrected chi connectivity index (χ4v) is 1.38. The Hall–Kier alpha value is -1.50. The molecule has 68 valence electrons. The van der Waals surface area contributed by atoms with Crippen LogP contribution < -0.4 is 5.73 Å². The zero-order valence-electron chi connectivity index (χ0n) is 7.62. The number of nitrogen functional groups attached to an aromatic ring is 1. The minimum Gasteiger partial charge on any atom is -0.382 e. The minimum absolute atomic E-state index is 0.148. The van der Waals surface area contributed by atoms with Crippen LogP contribution >= 0.6 is 0 Å². The van der Waals surface area contributed by atoms with Crippen molar-refractivity contribution in [3.05, 3.63) is 11.8 Å². The summed E-state index contributed by atoms with van der Waals surface area (Å²) in [5, 5.41) is 13.0. The summed E-state index contributed by atoms with van der Waals surface area (Å²) in [5.74, 6) is 0.564. The molecule has 1 aromatic heterocycles. The smallest absolute Gasteiger partial charge is 0.148 e. The molecular formula is C9H12N4. The van der Waals surface area contributed by atoms with Crippen LogP contribution in [0.15, 0.2) is 6.20 Å². The van der Waals surface area contributed by atoms with Gasteiger partial charge < -0.3 is 5.73 Å². The lowest BCUT2D eigenvalue weighted by Crippen LogP contribution is -2.10. The molecule has 0 unspecified atom stereocenters. The summed E-state index contributed by atoms with van der Waals surface area (Å²) in [4.78, 5) is 0. The average molecular weight is 176 g/mol. The van der Waals surface area contributed by atoms with Crippen molar-refractivity contribution in [2.24, 2.45) is 5.41 Å². The Labute approximate surface area is 77.0 Å². The predicted molar refractivity (Wildman–Crippen MR) is 48.7 cm³/mol. The second-order valence-corrected chi connectivity index (χ2v) is 3.79. The number of nitrogens with two attached hydrogens (primary N) is 1. The molecule has 1 aliphatic rings. The topological polar surface area (TPSA) is 67.6 Å². The fraction of sp³-hybridized carbons (Fsp3) is 0.556. The maximum absolute atomic E-state index is 8.87. The van der Waals surface area contributed by atoms with Crippen molar-refractivity contribution in [3.8, 4) is 6.07 Å². The molecule has 4 nitrogen and oxygen atoms in total. The first-order valence-electron chi connectivity index (χ1n) is 4.36. The molecule has 0 aromatic carbocycles. The molecule has 0 atom stereocenters. The molecule has 0 bridgehead atoms. The van der Waals surface area contributed by atoms with Gasteiger partial charge in [0.15, 0.2) is 0 Å². The summed E-state index contributed by atoms with van der Waals surface area (Å²) < 4.78 is 1.78. The van der Waals surface area contributed by atoms with Crippen molar-refractivity contribution in [3.63, 3.8) is 0 Å². The average Bonchev–Trinajstić information content (AvgIpc) is 2.78. The van der Waals surface area contributed by atoms with Crippen LogP contribution in [-0.4, -0.2) is 9.78 Å². The van der Waals surface area contributed by atoms with Crippen molar-refractivity contribution >= 4 is 5.82 Å². The molecule has 1 aromatic rings. The highest BCUT2D eigenvalue weighted by Crippen LogP contribution is 2.46. The Morgan fingerprint density at radius 2 is 2.46 bits per heavy atom. The van der Waals surface area contributed by atoms with Gasteiger partial charge in [0.2, 0.25) is 0 Å². The van der Waals surface area contributed by atoms with E-state index < -0.39 is 0 Å². The molecule has 2 N–H and O–H groups in total. The molecule has 0 amide bonds. The normalized spacial score (nSPS) is 18.2. The summed E-state index contributed by atoms with van der Waals surface area (Å²) in [7, 11) is 0. The third kappa shape index (κ3) is 1.37. The summed E-state index contributed by atoms with van der Waals surface area (Å²) in [6, 6.07) is 2.33. The number of hydrogen-bond donors (Lipinski definition) is 1. The third-order valence-electron chi connectivity index (χ3n) is 2.54. The maximum Gasteiger partial charge on any atom is 0.148 e. The highest BCUT2D eigenvalue weighted by molar-refractivity contribution is 5.35. The van der Waals surface area contributed by atoms with Gasteiger partial charge in [-0.1, -0.05) is 0 Å².